The lowest BCUT2D eigenvalue weighted by Crippen LogP contribution is -2.39. The number of carbonyl (C=O) groups is 1. The highest BCUT2D eigenvalue weighted by atomic mass is 16.2. The third kappa shape index (κ3) is 3.67. The van der Waals surface area contributed by atoms with E-state index in [-0.39, 0.29) is 11.9 Å². The molecule has 0 aliphatic carbocycles. The molecule has 3 rings (SSSR count). The fourth-order valence-corrected chi connectivity index (χ4v) is 3.00. The van der Waals surface area contributed by atoms with Crippen LogP contribution in [0, 0.1) is 0 Å². The fraction of sp³-hybridized carbons (Fsp3) is 0.389. The molecule has 1 aromatic heterocycles. The Balaban J connectivity index is 1.81. The lowest BCUT2D eigenvalue weighted by molar-refractivity contribution is 0.0707. The minimum atomic E-state index is 0.0158. The summed E-state index contributed by atoms with van der Waals surface area (Å²) < 4.78 is 1.55. The summed E-state index contributed by atoms with van der Waals surface area (Å²) in [7, 11) is 1.76. The highest BCUT2D eigenvalue weighted by Gasteiger charge is 2.26. The topological polar surface area (TPSA) is 51.0 Å². The molecule has 0 N–H and O–H groups in total. The van der Waals surface area contributed by atoms with Crippen LogP contribution in [0.3, 0.4) is 0 Å². The van der Waals surface area contributed by atoms with Gasteiger partial charge < -0.3 is 4.90 Å². The molecule has 0 spiro atoms. The predicted octanol–water partition coefficient (Wildman–Crippen LogP) is 2.91. The van der Waals surface area contributed by atoms with Gasteiger partial charge in [-0.15, -0.1) is 5.10 Å². The number of hydrogen-bond donors (Lipinski definition) is 0. The van der Waals surface area contributed by atoms with Crippen LogP contribution >= 0.6 is 0 Å². The van der Waals surface area contributed by atoms with Crippen molar-refractivity contribution in [3.63, 3.8) is 0 Å². The van der Waals surface area contributed by atoms with Crippen LogP contribution in [0.2, 0.25) is 0 Å². The number of amides is 1. The van der Waals surface area contributed by atoms with Crippen LogP contribution in [0.25, 0.3) is 6.08 Å². The number of nitrogens with zero attached hydrogens (tertiary/aromatic N) is 4. The summed E-state index contributed by atoms with van der Waals surface area (Å²) in [4.78, 5) is 14.8. The first kappa shape index (κ1) is 15.5. The molecule has 1 aliphatic rings. The standard InChI is InChI=1S/C18H22N4O/c1-21-17(14-19-20-21)18(23)22-13-7-3-6-10-16(22)12-11-15-8-4-2-5-9-15/h2,4-5,8-9,11-12,14,16H,3,6-7,10,13H2,1H3/b12-11+/t16-/m0/s1. The maximum Gasteiger partial charge on any atom is 0.274 e. The third-order valence-corrected chi connectivity index (χ3v) is 4.30. The van der Waals surface area contributed by atoms with Crippen molar-refractivity contribution in [2.75, 3.05) is 6.54 Å². The van der Waals surface area contributed by atoms with Crippen molar-refractivity contribution < 1.29 is 4.79 Å². The Bertz CT molecular complexity index is 677. The zero-order valence-electron chi connectivity index (χ0n) is 13.4. The molecular weight excluding hydrogens is 288 g/mol. The van der Waals surface area contributed by atoms with Gasteiger partial charge in [0.1, 0.15) is 5.69 Å². The second-order valence-electron chi connectivity index (χ2n) is 5.93. The molecule has 0 radical (unpaired) electrons. The second kappa shape index (κ2) is 7.22. The van der Waals surface area contributed by atoms with E-state index in [0.717, 1.165) is 31.4 Å². The molecule has 1 fully saturated rings. The number of aromatic nitrogens is 3. The summed E-state index contributed by atoms with van der Waals surface area (Å²) in [5, 5.41) is 7.70. The highest BCUT2D eigenvalue weighted by molar-refractivity contribution is 5.92. The molecule has 1 aromatic carbocycles. The van der Waals surface area contributed by atoms with Gasteiger partial charge in [0.25, 0.3) is 5.91 Å². The summed E-state index contributed by atoms with van der Waals surface area (Å²) in [6.45, 7) is 0.786. The highest BCUT2D eigenvalue weighted by Crippen LogP contribution is 2.21. The molecule has 0 bridgehead atoms. The summed E-state index contributed by atoms with van der Waals surface area (Å²) in [6, 6.07) is 10.3. The number of rotatable bonds is 3. The minimum absolute atomic E-state index is 0.0158. The smallest absolute Gasteiger partial charge is 0.274 e. The van der Waals surface area contributed by atoms with Crippen LogP contribution in [0.4, 0.5) is 0 Å². The van der Waals surface area contributed by atoms with E-state index in [1.807, 2.05) is 23.1 Å². The molecule has 1 amide bonds. The monoisotopic (exact) mass is 310 g/mol. The van der Waals surface area contributed by atoms with Gasteiger partial charge in [0.2, 0.25) is 0 Å². The van der Waals surface area contributed by atoms with Gasteiger partial charge in [-0.05, 0) is 18.4 Å². The first-order valence-corrected chi connectivity index (χ1v) is 8.14. The quantitative estimate of drug-likeness (QED) is 0.876. The summed E-state index contributed by atoms with van der Waals surface area (Å²) in [5.41, 5.74) is 1.70. The maximum atomic E-state index is 12.8. The molecule has 1 aliphatic heterocycles. The van der Waals surface area contributed by atoms with Gasteiger partial charge in [0, 0.05) is 13.6 Å². The molecular formula is C18H22N4O. The van der Waals surface area contributed by atoms with Gasteiger partial charge in [0.05, 0.1) is 12.2 Å². The lowest BCUT2D eigenvalue weighted by atomic mass is 10.1. The van der Waals surface area contributed by atoms with E-state index in [0.29, 0.717) is 5.69 Å². The number of benzene rings is 1. The van der Waals surface area contributed by atoms with Gasteiger partial charge in [0.15, 0.2) is 0 Å². The molecule has 5 heteroatoms. The maximum absolute atomic E-state index is 12.8. The van der Waals surface area contributed by atoms with E-state index in [9.17, 15) is 4.79 Å². The zero-order valence-corrected chi connectivity index (χ0v) is 13.4. The van der Waals surface area contributed by atoms with E-state index in [2.05, 4.69) is 34.6 Å². The molecule has 0 saturated carbocycles. The Morgan fingerprint density at radius 1 is 1.22 bits per heavy atom. The van der Waals surface area contributed by atoms with Crippen molar-refractivity contribution in [1.82, 2.24) is 19.9 Å². The van der Waals surface area contributed by atoms with Crippen molar-refractivity contribution in [1.29, 1.82) is 0 Å². The number of likely N-dealkylation sites (tertiary alicyclic amines) is 1. The van der Waals surface area contributed by atoms with Crippen molar-refractivity contribution in [2.45, 2.75) is 31.7 Å². The molecule has 5 nitrogen and oxygen atoms in total. The van der Waals surface area contributed by atoms with Gasteiger partial charge in [-0.3, -0.25) is 4.79 Å². The van der Waals surface area contributed by atoms with Crippen molar-refractivity contribution >= 4 is 12.0 Å². The molecule has 2 heterocycles. The first-order valence-electron chi connectivity index (χ1n) is 8.14. The van der Waals surface area contributed by atoms with E-state index in [1.165, 1.54) is 6.42 Å². The van der Waals surface area contributed by atoms with Gasteiger partial charge >= 0.3 is 0 Å². The van der Waals surface area contributed by atoms with Crippen molar-refractivity contribution in [3.8, 4) is 0 Å². The lowest BCUT2D eigenvalue weighted by Gasteiger charge is -2.27. The number of carbonyl (C=O) groups excluding carboxylic acids is 1. The predicted molar refractivity (Wildman–Crippen MR) is 89.8 cm³/mol. The Morgan fingerprint density at radius 3 is 2.78 bits per heavy atom. The SMILES string of the molecule is Cn1nncc1C(=O)N1CCCCC[C@H]1/C=C/c1ccccc1. The largest absolute Gasteiger partial charge is 0.331 e. The third-order valence-electron chi connectivity index (χ3n) is 4.30. The fourth-order valence-electron chi connectivity index (χ4n) is 3.00. The van der Waals surface area contributed by atoms with E-state index < -0.39 is 0 Å². The Labute approximate surface area is 136 Å². The van der Waals surface area contributed by atoms with Crippen LogP contribution in [0.15, 0.2) is 42.6 Å². The van der Waals surface area contributed by atoms with Crippen LogP contribution in [-0.4, -0.2) is 38.4 Å². The van der Waals surface area contributed by atoms with Gasteiger partial charge in [-0.1, -0.05) is 60.5 Å². The van der Waals surface area contributed by atoms with E-state index in [1.54, 1.807) is 17.9 Å². The molecule has 1 atom stereocenters. The van der Waals surface area contributed by atoms with Crippen molar-refractivity contribution in [2.24, 2.45) is 7.05 Å². The average Bonchev–Trinajstić information content (AvgIpc) is 2.87. The van der Waals surface area contributed by atoms with Crippen LogP contribution in [0.1, 0.15) is 41.7 Å². The molecule has 120 valence electrons. The summed E-state index contributed by atoms with van der Waals surface area (Å²) in [6.07, 6.45) is 10.2. The van der Waals surface area contributed by atoms with E-state index in [4.69, 9.17) is 0 Å². The number of aryl methyl sites for hydroxylation is 1. The van der Waals surface area contributed by atoms with Gasteiger partial charge in [-0.2, -0.15) is 0 Å². The summed E-state index contributed by atoms with van der Waals surface area (Å²) in [5.74, 6) is 0.0158. The minimum Gasteiger partial charge on any atom is -0.331 e. The molecule has 2 aromatic rings. The van der Waals surface area contributed by atoms with Crippen LogP contribution < -0.4 is 0 Å². The Morgan fingerprint density at radius 2 is 2.04 bits per heavy atom. The number of hydrogen-bond acceptors (Lipinski definition) is 3. The molecule has 1 saturated heterocycles. The van der Waals surface area contributed by atoms with E-state index >= 15 is 0 Å². The first-order chi connectivity index (χ1) is 11.3. The van der Waals surface area contributed by atoms with Crippen LogP contribution in [0.5, 0.6) is 0 Å². The normalized spacial score (nSPS) is 19.0. The second-order valence-corrected chi connectivity index (χ2v) is 5.93. The summed E-state index contributed by atoms with van der Waals surface area (Å²) >= 11 is 0. The van der Waals surface area contributed by atoms with Gasteiger partial charge in [-0.25, -0.2) is 4.68 Å². The zero-order chi connectivity index (χ0) is 16.1. The average molecular weight is 310 g/mol. The molecule has 23 heavy (non-hydrogen) atoms. The molecule has 0 unspecified atom stereocenters. The van der Waals surface area contributed by atoms with Crippen molar-refractivity contribution in [3.05, 3.63) is 53.9 Å². The van der Waals surface area contributed by atoms with Crippen LogP contribution in [-0.2, 0) is 7.05 Å². The Kier molecular flexibility index (Phi) is 4.86. The Hall–Kier alpha value is -2.43.